The highest BCUT2D eigenvalue weighted by Crippen LogP contribution is 2.37. The predicted molar refractivity (Wildman–Crippen MR) is 134 cm³/mol. The van der Waals surface area contributed by atoms with E-state index in [9.17, 15) is 9.90 Å². The summed E-state index contributed by atoms with van der Waals surface area (Å²) in [6.45, 7) is 6.23. The summed E-state index contributed by atoms with van der Waals surface area (Å²) in [4.78, 5) is 25.4. The molecule has 2 heterocycles. The van der Waals surface area contributed by atoms with Crippen LogP contribution < -0.4 is 5.32 Å². The second-order valence-corrected chi connectivity index (χ2v) is 9.48. The topological polar surface area (TPSA) is 92.9 Å². The molecular formula is C26H26ClN5O2. The number of aromatic nitrogens is 4. The molecule has 0 radical (unpaired) electrons. The average molecular weight is 476 g/mol. The molecular weight excluding hydrogens is 450 g/mol. The molecule has 0 spiro atoms. The monoisotopic (exact) mass is 475 g/mol. The SMILES string of the molecule is Cc1cccc(-c2nc3nc(C(=O)O)nc(NC(C)C4CC4)c3n2C(C)c2ccc(Cl)cc2)c1. The fraction of sp³-hybridized carbons (Fsp3) is 0.308. The van der Waals surface area contributed by atoms with E-state index in [0.717, 1.165) is 29.5 Å². The number of imidazole rings is 1. The molecule has 2 N–H and O–H groups in total. The molecule has 1 aliphatic carbocycles. The first-order chi connectivity index (χ1) is 16.3. The smallest absolute Gasteiger partial charge is 0.374 e. The Morgan fingerprint density at radius 1 is 1.12 bits per heavy atom. The van der Waals surface area contributed by atoms with Gasteiger partial charge in [-0.05, 0) is 63.3 Å². The standard InChI is InChI=1S/C26H26ClN5O2/c1-14-5-4-6-19(13-14)25-31-23-21(32(25)16(3)18-9-11-20(27)12-10-18)22(28-15(2)17-7-8-17)29-24(30-23)26(33)34/h4-6,9-13,15-17H,7-8H2,1-3H3,(H,33,34)(H,28,29,30). The van der Waals surface area contributed by atoms with Crippen molar-refractivity contribution in [3.63, 3.8) is 0 Å². The Bertz CT molecular complexity index is 1380. The highest BCUT2D eigenvalue weighted by molar-refractivity contribution is 6.30. The first-order valence-corrected chi connectivity index (χ1v) is 11.8. The zero-order valence-electron chi connectivity index (χ0n) is 19.3. The van der Waals surface area contributed by atoms with Crippen LogP contribution in [0, 0.1) is 12.8 Å². The molecule has 5 rings (SSSR count). The van der Waals surface area contributed by atoms with Gasteiger partial charge in [0.2, 0.25) is 5.82 Å². The van der Waals surface area contributed by atoms with Gasteiger partial charge in [-0.2, -0.15) is 0 Å². The van der Waals surface area contributed by atoms with Gasteiger partial charge in [0.15, 0.2) is 11.5 Å². The third kappa shape index (κ3) is 4.23. The Hall–Kier alpha value is -3.45. The minimum Gasteiger partial charge on any atom is -0.475 e. The van der Waals surface area contributed by atoms with Crippen LogP contribution in [0.2, 0.25) is 5.02 Å². The average Bonchev–Trinajstić information content (AvgIpc) is 3.59. The second-order valence-electron chi connectivity index (χ2n) is 9.05. The molecule has 2 atom stereocenters. The number of carboxylic acid groups (broad SMARTS) is 1. The lowest BCUT2D eigenvalue weighted by Gasteiger charge is -2.21. The summed E-state index contributed by atoms with van der Waals surface area (Å²) in [6, 6.07) is 15.8. The zero-order valence-corrected chi connectivity index (χ0v) is 20.0. The Morgan fingerprint density at radius 3 is 2.50 bits per heavy atom. The van der Waals surface area contributed by atoms with Crippen molar-refractivity contribution < 1.29 is 9.90 Å². The van der Waals surface area contributed by atoms with Gasteiger partial charge in [-0.25, -0.2) is 19.7 Å². The Morgan fingerprint density at radius 2 is 1.85 bits per heavy atom. The van der Waals surface area contributed by atoms with Crippen LogP contribution in [0.1, 0.15) is 54.5 Å². The Kier molecular flexibility index (Phi) is 5.73. The quantitative estimate of drug-likeness (QED) is 0.342. The molecule has 1 saturated carbocycles. The molecule has 34 heavy (non-hydrogen) atoms. The number of nitrogens with one attached hydrogen (secondary N) is 1. The van der Waals surface area contributed by atoms with Crippen LogP contribution in [0.5, 0.6) is 0 Å². The van der Waals surface area contributed by atoms with Crippen LogP contribution in [-0.2, 0) is 0 Å². The molecule has 1 fully saturated rings. The van der Waals surface area contributed by atoms with E-state index in [4.69, 9.17) is 16.6 Å². The van der Waals surface area contributed by atoms with Crippen molar-refractivity contribution in [2.24, 2.45) is 5.92 Å². The van der Waals surface area contributed by atoms with Gasteiger partial charge in [-0.15, -0.1) is 0 Å². The van der Waals surface area contributed by atoms with E-state index in [2.05, 4.69) is 39.8 Å². The van der Waals surface area contributed by atoms with Gasteiger partial charge in [0.25, 0.3) is 0 Å². The Balaban J connectivity index is 1.78. The van der Waals surface area contributed by atoms with E-state index < -0.39 is 5.97 Å². The van der Waals surface area contributed by atoms with E-state index in [0.29, 0.717) is 33.7 Å². The summed E-state index contributed by atoms with van der Waals surface area (Å²) in [5.41, 5.74) is 4.12. The number of rotatable bonds is 7. The van der Waals surface area contributed by atoms with E-state index in [1.807, 2.05) is 49.4 Å². The molecule has 2 aromatic carbocycles. The first kappa shape index (κ1) is 22.3. The first-order valence-electron chi connectivity index (χ1n) is 11.4. The minimum absolute atomic E-state index is 0.131. The van der Waals surface area contributed by atoms with Crippen LogP contribution in [0.15, 0.2) is 48.5 Å². The molecule has 2 unspecified atom stereocenters. The minimum atomic E-state index is -1.18. The maximum Gasteiger partial charge on any atom is 0.374 e. The number of nitrogens with zero attached hydrogens (tertiary/aromatic N) is 4. The molecule has 0 bridgehead atoms. The molecule has 0 amide bonds. The van der Waals surface area contributed by atoms with Crippen molar-refractivity contribution in [2.75, 3.05) is 5.32 Å². The van der Waals surface area contributed by atoms with Crippen molar-refractivity contribution in [1.82, 2.24) is 19.5 Å². The number of aryl methyl sites for hydroxylation is 1. The fourth-order valence-electron chi connectivity index (χ4n) is 4.38. The van der Waals surface area contributed by atoms with Crippen LogP contribution in [0.3, 0.4) is 0 Å². The van der Waals surface area contributed by atoms with E-state index >= 15 is 0 Å². The predicted octanol–water partition coefficient (Wildman–Crippen LogP) is 5.97. The number of hydrogen-bond acceptors (Lipinski definition) is 5. The van der Waals surface area contributed by atoms with Gasteiger partial charge < -0.3 is 15.0 Å². The second kappa shape index (κ2) is 8.72. The number of hydrogen-bond donors (Lipinski definition) is 2. The third-order valence-corrected chi connectivity index (χ3v) is 6.70. The van der Waals surface area contributed by atoms with Crippen LogP contribution in [0.4, 0.5) is 5.82 Å². The molecule has 1 aliphatic rings. The van der Waals surface area contributed by atoms with Crippen molar-refractivity contribution in [2.45, 2.75) is 45.7 Å². The number of anilines is 1. The van der Waals surface area contributed by atoms with Gasteiger partial charge in [0.1, 0.15) is 11.3 Å². The van der Waals surface area contributed by atoms with E-state index in [-0.39, 0.29) is 17.9 Å². The maximum atomic E-state index is 11.8. The largest absolute Gasteiger partial charge is 0.475 e. The normalized spacial score (nSPS) is 15.3. The maximum absolute atomic E-state index is 11.8. The highest BCUT2D eigenvalue weighted by Gasteiger charge is 2.31. The number of aromatic carboxylic acids is 1. The van der Waals surface area contributed by atoms with Crippen LogP contribution in [0.25, 0.3) is 22.6 Å². The molecule has 174 valence electrons. The van der Waals surface area contributed by atoms with Gasteiger partial charge in [-0.3, -0.25) is 0 Å². The summed E-state index contributed by atoms with van der Waals surface area (Å²) >= 11 is 6.14. The molecule has 0 saturated heterocycles. The van der Waals surface area contributed by atoms with Crippen molar-refractivity contribution >= 4 is 34.6 Å². The lowest BCUT2D eigenvalue weighted by molar-refractivity contribution is 0.0684. The summed E-state index contributed by atoms with van der Waals surface area (Å²) in [6.07, 6.45) is 2.31. The lowest BCUT2D eigenvalue weighted by Crippen LogP contribution is -2.21. The molecule has 4 aromatic rings. The number of benzene rings is 2. The number of carboxylic acids is 1. The summed E-state index contributed by atoms with van der Waals surface area (Å²) in [7, 11) is 0. The summed E-state index contributed by atoms with van der Waals surface area (Å²) in [5, 5.41) is 13.8. The third-order valence-electron chi connectivity index (χ3n) is 6.45. The van der Waals surface area contributed by atoms with Crippen molar-refractivity contribution in [1.29, 1.82) is 0 Å². The number of halogens is 1. The van der Waals surface area contributed by atoms with Gasteiger partial charge in [0, 0.05) is 16.6 Å². The summed E-state index contributed by atoms with van der Waals surface area (Å²) < 4.78 is 2.10. The van der Waals surface area contributed by atoms with Gasteiger partial charge in [0.05, 0.1) is 6.04 Å². The Labute approximate surface area is 202 Å². The molecule has 8 heteroatoms. The zero-order chi connectivity index (χ0) is 24.0. The highest BCUT2D eigenvalue weighted by atomic mass is 35.5. The molecule has 0 aliphatic heterocycles. The lowest BCUT2D eigenvalue weighted by atomic mass is 10.1. The van der Waals surface area contributed by atoms with E-state index in [1.165, 1.54) is 0 Å². The van der Waals surface area contributed by atoms with Crippen molar-refractivity contribution in [3.05, 3.63) is 70.5 Å². The molecule has 7 nitrogen and oxygen atoms in total. The van der Waals surface area contributed by atoms with Gasteiger partial charge >= 0.3 is 5.97 Å². The van der Waals surface area contributed by atoms with E-state index in [1.54, 1.807) is 0 Å². The van der Waals surface area contributed by atoms with Crippen LogP contribution >= 0.6 is 11.6 Å². The van der Waals surface area contributed by atoms with Crippen molar-refractivity contribution in [3.8, 4) is 11.4 Å². The number of carbonyl (C=O) groups is 1. The van der Waals surface area contributed by atoms with Crippen LogP contribution in [-0.4, -0.2) is 36.6 Å². The fourth-order valence-corrected chi connectivity index (χ4v) is 4.51. The number of fused-ring (bicyclic) bond motifs is 1. The molecule has 2 aromatic heterocycles. The summed E-state index contributed by atoms with van der Waals surface area (Å²) in [5.74, 6) is 0.313. The van der Waals surface area contributed by atoms with Gasteiger partial charge in [-0.1, -0.05) is 47.5 Å².